The minimum Gasteiger partial charge on any atom is -0.455 e. The zero-order valence-electron chi connectivity index (χ0n) is 28.7. The highest BCUT2D eigenvalue weighted by molar-refractivity contribution is 7.25. The molecule has 11 aromatic rings. The van der Waals surface area contributed by atoms with E-state index in [0.29, 0.717) is 0 Å². The largest absolute Gasteiger partial charge is 0.455 e. The third-order valence-corrected chi connectivity index (χ3v) is 11.8. The van der Waals surface area contributed by atoms with E-state index in [1.165, 1.54) is 41.7 Å². The van der Waals surface area contributed by atoms with Gasteiger partial charge < -0.3 is 9.32 Å². The van der Waals surface area contributed by atoms with Gasteiger partial charge in [-0.15, -0.1) is 11.3 Å². The maximum absolute atomic E-state index is 6.60. The van der Waals surface area contributed by atoms with E-state index in [-0.39, 0.29) is 0 Å². The van der Waals surface area contributed by atoms with E-state index in [1.54, 1.807) is 0 Å². The lowest BCUT2D eigenvalue weighted by Crippen LogP contribution is -2.10. The summed E-state index contributed by atoms with van der Waals surface area (Å²) in [6.45, 7) is 0. The number of para-hydroxylation sites is 1. The topological polar surface area (TPSA) is 16.4 Å². The fraction of sp³-hybridized carbons (Fsp3) is 0. The van der Waals surface area contributed by atoms with E-state index < -0.39 is 0 Å². The van der Waals surface area contributed by atoms with E-state index in [0.717, 1.165) is 61.3 Å². The first kappa shape index (κ1) is 30.0. The van der Waals surface area contributed by atoms with Gasteiger partial charge in [0.15, 0.2) is 0 Å². The molecule has 0 N–H and O–H groups in total. The zero-order chi connectivity index (χ0) is 34.9. The van der Waals surface area contributed by atoms with Crippen molar-refractivity contribution in [3.05, 3.63) is 188 Å². The van der Waals surface area contributed by atoms with E-state index >= 15 is 0 Å². The third-order valence-electron chi connectivity index (χ3n) is 10.7. The molecule has 0 bridgehead atoms. The van der Waals surface area contributed by atoms with Gasteiger partial charge in [-0.2, -0.15) is 0 Å². The molecule has 248 valence electrons. The van der Waals surface area contributed by atoms with Crippen molar-refractivity contribution in [3.8, 4) is 22.3 Å². The number of hydrogen-bond acceptors (Lipinski definition) is 3. The van der Waals surface area contributed by atoms with E-state index in [1.807, 2.05) is 17.4 Å². The molecule has 0 unspecified atom stereocenters. The van der Waals surface area contributed by atoms with Crippen LogP contribution in [0.2, 0.25) is 0 Å². The van der Waals surface area contributed by atoms with Crippen molar-refractivity contribution in [2.45, 2.75) is 0 Å². The minimum absolute atomic E-state index is 0.898. The van der Waals surface area contributed by atoms with Gasteiger partial charge in [0.1, 0.15) is 11.2 Å². The molecule has 53 heavy (non-hydrogen) atoms. The minimum atomic E-state index is 0.898. The Morgan fingerprint density at radius 3 is 1.96 bits per heavy atom. The molecule has 0 aliphatic heterocycles. The van der Waals surface area contributed by atoms with Crippen LogP contribution in [0.1, 0.15) is 0 Å². The predicted octanol–water partition coefficient (Wildman–Crippen LogP) is 15.1. The number of benzene rings is 9. The van der Waals surface area contributed by atoms with Crippen LogP contribution in [0.4, 0.5) is 17.1 Å². The molecule has 0 atom stereocenters. The van der Waals surface area contributed by atoms with Crippen LogP contribution in [0.3, 0.4) is 0 Å². The summed E-state index contributed by atoms with van der Waals surface area (Å²) < 4.78 is 9.21. The van der Waals surface area contributed by atoms with Crippen LogP contribution in [0.5, 0.6) is 0 Å². The number of nitrogens with zero attached hydrogens (tertiary/aromatic N) is 1. The van der Waals surface area contributed by atoms with Gasteiger partial charge in [0.05, 0.1) is 5.69 Å². The van der Waals surface area contributed by atoms with Crippen molar-refractivity contribution in [1.82, 2.24) is 0 Å². The molecule has 0 saturated heterocycles. The molecule has 0 aliphatic carbocycles. The molecule has 9 aromatic carbocycles. The van der Waals surface area contributed by atoms with Crippen LogP contribution in [0.25, 0.3) is 85.9 Å². The van der Waals surface area contributed by atoms with Gasteiger partial charge in [-0.05, 0) is 87.4 Å². The van der Waals surface area contributed by atoms with E-state index in [9.17, 15) is 0 Å². The first-order valence-corrected chi connectivity index (χ1v) is 18.8. The third kappa shape index (κ3) is 4.78. The monoisotopic (exact) mass is 693 g/mol. The Kier molecular flexibility index (Phi) is 6.76. The standard InChI is InChI=1S/C50H31NOS/c1-2-11-32(12-3-1)39-29-28-38(49-43-16-6-8-19-46(43)52-50(39)49)34-21-24-35(25-22-34)51(36-26-30-48-44(31-36)42-15-7-9-20-47(42)53-48)45-18-10-17-40-37-14-5-4-13-33(37)23-27-41(40)45/h1-31H. The van der Waals surface area contributed by atoms with Crippen molar-refractivity contribution >= 4 is 92.1 Å². The fourth-order valence-corrected chi connectivity index (χ4v) is 9.29. The molecule has 0 saturated carbocycles. The number of furan rings is 1. The smallest absolute Gasteiger partial charge is 0.143 e. The van der Waals surface area contributed by atoms with Gasteiger partial charge in [0, 0.05) is 53.3 Å². The van der Waals surface area contributed by atoms with Crippen LogP contribution in [-0.4, -0.2) is 0 Å². The van der Waals surface area contributed by atoms with Gasteiger partial charge >= 0.3 is 0 Å². The molecule has 0 spiro atoms. The summed E-state index contributed by atoms with van der Waals surface area (Å²) in [5.41, 5.74) is 9.74. The Hall–Kier alpha value is -6.68. The number of thiophene rings is 1. The molecule has 2 nitrogen and oxygen atoms in total. The molecule has 3 heteroatoms. The van der Waals surface area contributed by atoms with Crippen molar-refractivity contribution in [2.75, 3.05) is 4.90 Å². The lowest BCUT2D eigenvalue weighted by Gasteiger charge is -2.27. The maximum Gasteiger partial charge on any atom is 0.143 e. The van der Waals surface area contributed by atoms with E-state index in [4.69, 9.17) is 4.42 Å². The molecular weight excluding hydrogens is 663 g/mol. The van der Waals surface area contributed by atoms with Crippen LogP contribution in [0, 0.1) is 0 Å². The normalized spacial score (nSPS) is 11.8. The number of anilines is 3. The number of hydrogen-bond donors (Lipinski definition) is 0. The van der Waals surface area contributed by atoms with Gasteiger partial charge in [-0.1, -0.05) is 133 Å². The van der Waals surface area contributed by atoms with Gasteiger partial charge in [0.2, 0.25) is 0 Å². The highest BCUT2D eigenvalue weighted by Gasteiger charge is 2.20. The van der Waals surface area contributed by atoms with Crippen LogP contribution in [0.15, 0.2) is 192 Å². The van der Waals surface area contributed by atoms with Gasteiger partial charge in [0.25, 0.3) is 0 Å². The van der Waals surface area contributed by atoms with E-state index in [2.05, 4.69) is 187 Å². The van der Waals surface area contributed by atoms with Gasteiger partial charge in [-0.25, -0.2) is 0 Å². The summed E-state index contributed by atoms with van der Waals surface area (Å²) in [5.74, 6) is 0. The van der Waals surface area contributed by atoms with Crippen LogP contribution < -0.4 is 4.90 Å². The second-order valence-corrected chi connectivity index (χ2v) is 14.7. The first-order chi connectivity index (χ1) is 26.3. The summed E-state index contributed by atoms with van der Waals surface area (Å²) in [7, 11) is 0. The second kappa shape index (κ2) is 11.9. The molecule has 0 fully saturated rings. The summed E-state index contributed by atoms with van der Waals surface area (Å²) in [6, 6.07) is 68.0. The predicted molar refractivity (Wildman–Crippen MR) is 227 cm³/mol. The highest BCUT2D eigenvalue weighted by Crippen LogP contribution is 2.46. The summed E-state index contributed by atoms with van der Waals surface area (Å²) in [5, 5.41) is 9.81. The molecule has 2 aromatic heterocycles. The summed E-state index contributed by atoms with van der Waals surface area (Å²) >= 11 is 1.85. The Labute approximate surface area is 310 Å². The molecule has 0 radical (unpaired) electrons. The van der Waals surface area contributed by atoms with Crippen molar-refractivity contribution < 1.29 is 4.42 Å². The van der Waals surface area contributed by atoms with Crippen molar-refractivity contribution in [2.24, 2.45) is 0 Å². The number of rotatable bonds is 5. The van der Waals surface area contributed by atoms with Gasteiger partial charge in [-0.3, -0.25) is 0 Å². The molecule has 0 amide bonds. The Bertz CT molecular complexity index is 3170. The average molecular weight is 694 g/mol. The molecule has 11 rings (SSSR count). The Balaban J connectivity index is 1.11. The highest BCUT2D eigenvalue weighted by atomic mass is 32.1. The Morgan fingerprint density at radius 2 is 1.08 bits per heavy atom. The second-order valence-electron chi connectivity index (χ2n) is 13.6. The SMILES string of the molecule is c1ccc(-c2ccc(-c3ccc(N(c4ccc5sc6ccccc6c5c4)c4cccc5c4ccc4ccccc45)cc3)c3c2oc2ccccc23)cc1. The molecule has 0 aliphatic rings. The average Bonchev–Trinajstić information content (AvgIpc) is 3.80. The van der Waals surface area contributed by atoms with Crippen LogP contribution >= 0.6 is 11.3 Å². The lowest BCUT2D eigenvalue weighted by molar-refractivity contribution is 0.670. The molecule has 2 heterocycles. The lowest BCUT2D eigenvalue weighted by atomic mass is 9.94. The quantitative estimate of drug-likeness (QED) is 0.167. The zero-order valence-corrected chi connectivity index (χ0v) is 29.5. The van der Waals surface area contributed by atoms with Crippen molar-refractivity contribution in [3.63, 3.8) is 0 Å². The van der Waals surface area contributed by atoms with Crippen LogP contribution in [-0.2, 0) is 0 Å². The maximum atomic E-state index is 6.60. The summed E-state index contributed by atoms with van der Waals surface area (Å²) in [4.78, 5) is 2.42. The first-order valence-electron chi connectivity index (χ1n) is 18.0. The van der Waals surface area contributed by atoms with Crippen molar-refractivity contribution in [1.29, 1.82) is 0 Å². The summed E-state index contributed by atoms with van der Waals surface area (Å²) in [6.07, 6.45) is 0. The Morgan fingerprint density at radius 1 is 0.396 bits per heavy atom. The number of fused-ring (bicyclic) bond motifs is 9. The fourth-order valence-electron chi connectivity index (χ4n) is 8.20. The molecular formula is C50H31NOS.